The first-order chi connectivity index (χ1) is 11.6. The number of benzene rings is 2. The van der Waals surface area contributed by atoms with Crippen LogP contribution in [0.25, 0.3) is 0 Å². The van der Waals surface area contributed by atoms with Crippen molar-refractivity contribution in [1.82, 2.24) is 0 Å². The lowest BCUT2D eigenvalue weighted by molar-refractivity contribution is -0.115. The van der Waals surface area contributed by atoms with Crippen molar-refractivity contribution in [3.63, 3.8) is 0 Å². The van der Waals surface area contributed by atoms with E-state index in [4.69, 9.17) is 0 Å². The maximum Gasteiger partial charge on any atom is 0.243 e. The van der Waals surface area contributed by atoms with Crippen LogP contribution in [0.3, 0.4) is 0 Å². The number of rotatable bonds is 4. The lowest BCUT2D eigenvalue weighted by atomic mass is 10.0. The molecule has 0 radical (unpaired) electrons. The second kappa shape index (κ2) is 7.17. The molecular formula is C19H21N3O2. The van der Waals surface area contributed by atoms with Crippen LogP contribution in [0.4, 0.5) is 17.1 Å². The molecule has 1 aliphatic rings. The largest absolute Gasteiger partial charge is 0.362 e. The van der Waals surface area contributed by atoms with Crippen LogP contribution in [-0.4, -0.2) is 24.9 Å². The number of para-hydroxylation sites is 1. The summed E-state index contributed by atoms with van der Waals surface area (Å²) in [7, 11) is 0. The van der Waals surface area contributed by atoms with Gasteiger partial charge in [-0.05, 0) is 42.7 Å². The molecule has 5 nitrogen and oxygen atoms in total. The molecule has 0 fully saturated rings. The highest BCUT2D eigenvalue weighted by Gasteiger charge is 2.18. The summed E-state index contributed by atoms with van der Waals surface area (Å²) in [6, 6.07) is 15.4. The summed E-state index contributed by atoms with van der Waals surface area (Å²) in [5.74, 6) is -0.199. The Labute approximate surface area is 141 Å². The maximum absolute atomic E-state index is 12.4. The molecule has 0 saturated carbocycles. The van der Waals surface area contributed by atoms with Gasteiger partial charge in [-0.15, -0.1) is 0 Å². The van der Waals surface area contributed by atoms with Crippen LogP contribution in [0, 0.1) is 0 Å². The van der Waals surface area contributed by atoms with Gasteiger partial charge < -0.3 is 15.5 Å². The first-order valence-corrected chi connectivity index (χ1v) is 8.12. The SMILES string of the molecule is CC(=O)Nc1cccc(NC(=O)CN2CCCc3ccccc32)c1. The number of hydrogen-bond donors (Lipinski definition) is 2. The van der Waals surface area contributed by atoms with Crippen molar-refractivity contribution in [2.45, 2.75) is 19.8 Å². The van der Waals surface area contributed by atoms with E-state index in [0.717, 1.165) is 25.1 Å². The molecule has 1 heterocycles. The second-order valence-electron chi connectivity index (χ2n) is 5.96. The Morgan fingerprint density at radius 1 is 1.04 bits per heavy atom. The van der Waals surface area contributed by atoms with Crippen LogP contribution >= 0.6 is 0 Å². The Hall–Kier alpha value is -2.82. The Balaban J connectivity index is 1.65. The fraction of sp³-hybridized carbons (Fsp3) is 0.263. The molecule has 1 aliphatic heterocycles. The van der Waals surface area contributed by atoms with Crippen molar-refractivity contribution >= 4 is 28.9 Å². The van der Waals surface area contributed by atoms with Gasteiger partial charge in [-0.25, -0.2) is 0 Å². The quantitative estimate of drug-likeness (QED) is 0.909. The number of hydrogen-bond acceptors (Lipinski definition) is 3. The van der Waals surface area contributed by atoms with E-state index in [1.54, 1.807) is 18.2 Å². The van der Waals surface area contributed by atoms with Crippen LogP contribution in [-0.2, 0) is 16.0 Å². The van der Waals surface area contributed by atoms with Crippen molar-refractivity contribution < 1.29 is 9.59 Å². The lowest BCUT2D eigenvalue weighted by Crippen LogP contribution is -2.36. The Bertz CT molecular complexity index is 758. The standard InChI is InChI=1S/C19H21N3O2/c1-14(23)20-16-8-4-9-17(12-16)21-19(24)13-22-11-5-7-15-6-2-3-10-18(15)22/h2-4,6,8-10,12H,5,7,11,13H2,1H3,(H,20,23)(H,21,24). The topological polar surface area (TPSA) is 61.4 Å². The third kappa shape index (κ3) is 3.93. The Kier molecular flexibility index (Phi) is 4.79. The molecule has 0 atom stereocenters. The molecule has 0 bridgehead atoms. The van der Waals surface area contributed by atoms with Gasteiger partial charge in [0, 0.05) is 30.5 Å². The predicted molar refractivity (Wildman–Crippen MR) is 96.4 cm³/mol. The van der Waals surface area contributed by atoms with Gasteiger partial charge in [0.1, 0.15) is 0 Å². The molecule has 5 heteroatoms. The number of nitrogens with one attached hydrogen (secondary N) is 2. The maximum atomic E-state index is 12.4. The highest BCUT2D eigenvalue weighted by Crippen LogP contribution is 2.26. The van der Waals surface area contributed by atoms with Gasteiger partial charge >= 0.3 is 0 Å². The number of aryl methyl sites for hydroxylation is 1. The summed E-state index contributed by atoms with van der Waals surface area (Å²) in [6.07, 6.45) is 2.12. The van der Waals surface area contributed by atoms with Crippen molar-refractivity contribution in [3.05, 3.63) is 54.1 Å². The van der Waals surface area contributed by atoms with Gasteiger partial charge in [0.05, 0.1) is 6.54 Å². The van der Waals surface area contributed by atoms with Gasteiger partial charge in [0.25, 0.3) is 0 Å². The molecule has 0 aromatic heterocycles. The van der Waals surface area contributed by atoms with Crippen LogP contribution in [0.1, 0.15) is 18.9 Å². The minimum absolute atomic E-state index is 0.0633. The molecule has 0 saturated heterocycles. The number of nitrogens with zero attached hydrogens (tertiary/aromatic N) is 1. The second-order valence-corrected chi connectivity index (χ2v) is 5.96. The van der Waals surface area contributed by atoms with Gasteiger partial charge in [0.15, 0.2) is 0 Å². The minimum Gasteiger partial charge on any atom is -0.362 e. The molecule has 2 aromatic carbocycles. The van der Waals surface area contributed by atoms with E-state index in [-0.39, 0.29) is 11.8 Å². The third-order valence-corrected chi connectivity index (χ3v) is 4.01. The van der Waals surface area contributed by atoms with Crippen molar-refractivity contribution in [3.8, 4) is 0 Å². The molecule has 24 heavy (non-hydrogen) atoms. The lowest BCUT2D eigenvalue weighted by Gasteiger charge is -2.30. The summed E-state index contributed by atoms with van der Waals surface area (Å²) in [5.41, 5.74) is 3.79. The molecule has 0 unspecified atom stereocenters. The highest BCUT2D eigenvalue weighted by molar-refractivity contribution is 5.95. The minimum atomic E-state index is -0.136. The molecule has 2 amide bonds. The van der Waals surface area contributed by atoms with Crippen LogP contribution in [0.15, 0.2) is 48.5 Å². The first kappa shape index (κ1) is 16.1. The molecule has 0 aliphatic carbocycles. The molecule has 2 N–H and O–H groups in total. The van der Waals surface area contributed by atoms with Gasteiger partial charge in [-0.1, -0.05) is 24.3 Å². The van der Waals surface area contributed by atoms with Crippen molar-refractivity contribution in [2.24, 2.45) is 0 Å². The van der Waals surface area contributed by atoms with E-state index in [1.165, 1.54) is 12.5 Å². The molecular weight excluding hydrogens is 302 g/mol. The normalized spacial score (nSPS) is 13.1. The molecule has 124 valence electrons. The average Bonchev–Trinajstić information content (AvgIpc) is 2.55. The smallest absolute Gasteiger partial charge is 0.243 e. The van der Waals surface area contributed by atoms with Gasteiger partial charge in [-0.3, -0.25) is 9.59 Å². The third-order valence-electron chi connectivity index (χ3n) is 4.01. The number of carbonyl (C=O) groups is 2. The van der Waals surface area contributed by atoms with Crippen molar-refractivity contribution in [1.29, 1.82) is 0 Å². The average molecular weight is 323 g/mol. The number of fused-ring (bicyclic) bond motifs is 1. The van der Waals surface area contributed by atoms with E-state index in [9.17, 15) is 9.59 Å². The van der Waals surface area contributed by atoms with Gasteiger partial charge in [0.2, 0.25) is 11.8 Å². The summed E-state index contributed by atoms with van der Waals surface area (Å²) in [6.45, 7) is 2.66. The zero-order valence-electron chi connectivity index (χ0n) is 13.7. The summed E-state index contributed by atoms with van der Waals surface area (Å²) in [5, 5.41) is 5.61. The zero-order valence-corrected chi connectivity index (χ0v) is 13.7. The molecule has 0 spiro atoms. The monoisotopic (exact) mass is 323 g/mol. The van der Waals surface area contributed by atoms with E-state index >= 15 is 0 Å². The molecule has 3 rings (SSSR count). The van der Waals surface area contributed by atoms with E-state index < -0.39 is 0 Å². The number of carbonyl (C=O) groups excluding carboxylic acids is 2. The van der Waals surface area contributed by atoms with E-state index in [2.05, 4.69) is 27.7 Å². The number of anilines is 3. The fourth-order valence-electron chi connectivity index (χ4n) is 3.03. The zero-order chi connectivity index (χ0) is 16.9. The van der Waals surface area contributed by atoms with Crippen LogP contribution in [0.5, 0.6) is 0 Å². The number of amides is 2. The van der Waals surface area contributed by atoms with E-state index in [0.29, 0.717) is 17.9 Å². The summed E-state index contributed by atoms with van der Waals surface area (Å²) < 4.78 is 0. The Morgan fingerprint density at radius 2 is 1.79 bits per heavy atom. The summed E-state index contributed by atoms with van der Waals surface area (Å²) >= 11 is 0. The Morgan fingerprint density at radius 3 is 2.58 bits per heavy atom. The van der Waals surface area contributed by atoms with Crippen LogP contribution in [0.2, 0.25) is 0 Å². The molecule has 2 aromatic rings. The van der Waals surface area contributed by atoms with Gasteiger partial charge in [-0.2, -0.15) is 0 Å². The highest BCUT2D eigenvalue weighted by atomic mass is 16.2. The van der Waals surface area contributed by atoms with Crippen LogP contribution < -0.4 is 15.5 Å². The summed E-state index contributed by atoms with van der Waals surface area (Å²) in [4.78, 5) is 25.6. The predicted octanol–water partition coefficient (Wildman–Crippen LogP) is 3.04. The fourth-order valence-corrected chi connectivity index (χ4v) is 3.03. The van der Waals surface area contributed by atoms with E-state index in [1.807, 2.05) is 18.2 Å². The van der Waals surface area contributed by atoms with Crippen molar-refractivity contribution in [2.75, 3.05) is 28.6 Å². The first-order valence-electron chi connectivity index (χ1n) is 8.12.